The van der Waals surface area contributed by atoms with E-state index in [4.69, 9.17) is 4.42 Å². The van der Waals surface area contributed by atoms with Crippen LogP contribution in [0, 0.1) is 5.92 Å². The number of carbonyl (C=O) groups is 2. The van der Waals surface area contributed by atoms with E-state index in [1.54, 1.807) is 18.3 Å². The number of carbonyl (C=O) groups excluding carboxylic acids is 1. The van der Waals surface area contributed by atoms with Crippen LogP contribution in [0.5, 0.6) is 0 Å². The predicted molar refractivity (Wildman–Crippen MR) is 85.3 cm³/mol. The second kappa shape index (κ2) is 7.79. The zero-order valence-corrected chi connectivity index (χ0v) is 13.6. The molecule has 10 nitrogen and oxygen atoms in total. The third kappa shape index (κ3) is 4.57. The summed E-state index contributed by atoms with van der Waals surface area (Å²) in [6, 6.07) is 3.21. The van der Waals surface area contributed by atoms with Crippen LogP contribution in [0.2, 0.25) is 0 Å². The largest absolute Gasteiger partial charge is 0.481 e. The number of hydrogen-bond donors (Lipinski definition) is 3. The highest BCUT2D eigenvalue weighted by atomic mass is 16.4. The van der Waals surface area contributed by atoms with E-state index in [-0.39, 0.29) is 19.1 Å². The van der Waals surface area contributed by atoms with Crippen molar-refractivity contribution >= 4 is 12.0 Å². The molecule has 0 aromatic carbocycles. The molecule has 0 bridgehead atoms. The van der Waals surface area contributed by atoms with Crippen molar-refractivity contribution in [1.82, 2.24) is 30.5 Å². The zero-order valence-electron chi connectivity index (χ0n) is 13.6. The number of aliphatic carboxylic acids is 1. The minimum Gasteiger partial charge on any atom is -0.481 e. The summed E-state index contributed by atoms with van der Waals surface area (Å²) in [5, 5.41) is 22.5. The lowest BCUT2D eigenvalue weighted by molar-refractivity contribution is -0.142. The van der Waals surface area contributed by atoms with Gasteiger partial charge in [-0.1, -0.05) is 0 Å². The minimum atomic E-state index is -0.920. The molecule has 10 heteroatoms. The van der Waals surface area contributed by atoms with Crippen molar-refractivity contribution in [2.75, 3.05) is 26.2 Å². The van der Waals surface area contributed by atoms with Crippen LogP contribution in [0.15, 0.2) is 29.0 Å². The van der Waals surface area contributed by atoms with Crippen LogP contribution < -0.4 is 5.32 Å². The Morgan fingerprint density at radius 1 is 1.40 bits per heavy atom. The molecule has 3 heterocycles. The Hall–Kier alpha value is -2.88. The maximum absolute atomic E-state index is 12.4. The lowest BCUT2D eigenvalue weighted by Gasteiger charge is -2.22. The van der Waals surface area contributed by atoms with Gasteiger partial charge < -0.3 is 19.7 Å². The molecule has 0 aliphatic carbocycles. The van der Waals surface area contributed by atoms with Crippen LogP contribution >= 0.6 is 0 Å². The molecular formula is C15H20N6O4. The summed E-state index contributed by atoms with van der Waals surface area (Å²) in [5.74, 6) is -0.940. The number of nitrogens with zero attached hydrogens (tertiary/aromatic N) is 4. The number of carboxylic acids is 1. The van der Waals surface area contributed by atoms with Gasteiger partial charge in [0.05, 0.1) is 30.6 Å². The van der Waals surface area contributed by atoms with E-state index in [0.717, 1.165) is 5.69 Å². The smallest absolute Gasteiger partial charge is 0.317 e. The molecule has 0 unspecified atom stereocenters. The van der Waals surface area contributed by atoms with Crippen molar-refractivity contribution in [3.63, 3.8) is 0 Å². The standard InChI is InChI=1S/C15H20N6O4/c22-14(23)11-8-20(10-12-6-17-19-18-12)3-4-21(9-11)15(24)16-7-13-2-1-5-25-13/h1-2,5-6,11H,3-4,7-10H2,(H,16,24)(H,22,23)(H,17,18,19)/t11-/m1/s1. The van der Waals surface area contributed by atoms with Gasteiger partial charge in [0, 0.05) is 32.7 Å². The van der Waals surface area contributed by atoms with Gasteiger partial charge in [-0.2, -0.15) is 15.4 Å². The number of urea groups is 1. The fourth-order valence-corrected chi connectivity index (χ4v) is 2.78. The maximum atomic E-state index is 12.4. The Balaban J connectivity index is 1.60. The molecule has 2 aromatic rings. The molecule has 2 aromatic heterocycles. The van der Waals surface area contributed by atoms with E-state index >= 15 is 0 Å². The van der Waals surface area contributed by atoms with Crippen LogP contribution in [0.1, 0.15) is 11.5 Å². The fraction of sp³-hybridized carbons (Fsp3) is 0.467. The van der Waals surface area contributed by atoms with Gasteiger partial charge in [0.25, 0.3) is 0 Å². The third-order valence-electron chi connectivity index (χ3n) is 4.09. The first kappa shape index (κ1) is 17.0. The fourth-order valence-electron chi connectivity index (χ4n) is 2.78. The second-order valence-corrected chi connectivity index (χ2v) is 5.92. The maximum Gasteiger partial charge on any atom is 0.317 e. The van der Waals surface area contributed by atoms with E-state index < -0.39 is 11.9 Å². The molecule has 3 N–H and O–H groups in total. The van der Waals surface area contributed by atoms with Crippen molar-refractivity contribution in [3.8, 4) is 0 Å². The number of nitrogens with one attached hydrogen (secondary N) is 2. The van der Waals surface area contributed by atoms with Crippen molar-refractivity contribution in [3.05, 3.63) is 36.0 Å². The summed E-state index contributed by atoms with van der Waals surface area (Å²) in [5.41, 5.74) is 0.736. The molecule has 3 rings (SSSR count). The Bertz CT molecular complexity index is 687. The van der Waals surface area contributed by atoms with Gasteiger partial charge in [0.2, 0.25) is 0 Å². The van der Waals surface area contributed by atoms with Gasteiger partial charge in [0.15, 0.2) is 0 Å². The molecule has 0 radical (unpaired) electrons. The van der Waals surface area contributed by atoms with Gasteiger partial charge in [0.1, 0.15) is 5.76 Å². The SMILES string of the molecule is O=C(O)[C@@H]1CN(Cc2cn[nH]n2)CCN(C(=O)NCc2ccco2)C1. The van der Waals surface area contributed by atoms with Gasteiger partial charge >= 0.3 is 12.0 Å². The molecule has 1 saturated heterocycles. The summed E-state index contributed by atoms with van der Waals surface area (Å²) in [7, 11) is 0. The first-order chi connectivity index (χ1) is 12.1. The molecule has 0 saturated carbocycles. The summed E-state index contributed by atoms with van der Waals surface area (Å²) < 4.78 is 5.18. The number of aromatic amines is 1. The third-order valence-corrected chi connectivity index (χ3v) is 4.09. The lowest BCUT2D eigenvalue weighted by Crippen LogP contribution is -2.43. The first-order valence-electron chi connectivity index (χ1n) is 7.97. The molecule has 0 spiro atoms. The highest BCUT2D eigenvalue weighted by Crippen LogP contribution is 2.13. The average molecular weight is 348 g/mol. The van der Waals surface area contributed by atoms with Gasteiger partial charge in [-0.05, 0) is 12.1 Å². The number of aromatic nitrogens is 3. The number of H-pyrrole nitrogens is 1. The zero-order chi connectivity index (χ0) is 17.6. The highest BCUT2D eigenvalue weighted by molar-refractivity contribution is 5.76. The Morgan fingerprint density at radius 3 is 2.96 bits per heavy atom. The molecular weight excluding hydrogens is 328 g/mol. The van der Waals surface area contributed by atoms with Crippen molar-refractivity contribution in [2.24, 2.45) is 5.92 Å². The van der Waals surface area contributed by atoms with Crippen LogP contribution in [0.3, 0.4) is 0 Å². The van der Waals surface area contributed by atoms with E-state index in [1.165, 1.54) is 11.2 Å². The van der Waals surface area contributed by atoms with E-state index in [1.807, 2.05) is 4.90 Å². The highest BCUT2D eigenvalue weighted by Gasteiger charge is 2.30. The number of carboxylic acid groups (broad SMARTS) is 1. The number of rotatable bonds is 5. The quantitative estimate of drug-likeness (QED) is 0.700. The number of amides is 2. The van der Waals surface area contributed by atoms with Crippen LogP contribution in [-0.2, 0) is 17.9 Å². The van der Waals surface area contributed by atoms with E-state index in [0.29, 0.717) is 31.9 Å². The number of furan rings is 1. The van der Waals surface area contributed by atoms with E-state index in [2.05, 4.69) is 20.7 Å². The molecule has 1 atom stereocenters. The summed E-state index contributed by atoms with van der Waals surface area (Å²) in [6.45, 7) is 2.26. The molecule has 1 aliphatic rings. The van der Waals surface area contributed by atoms with Crippen molar-refractivity contribution < 1.29 is 19.1 Å². The molecule has 2 amide bonds. The van der Waals surface area contributed by atoms with Gasteiger partial charge in [-0.15, -0.1) is 0 Å². The Morgan fingerprint density at radius 2 is 2.28 bits per heavy atom. The topological polar surface area (TPSA) is 128 Å². The molecule has 134 valence electrons. The Labute approximate surface area is 143 Å². The summed E-state index contributed by atoms with van der Waals surface area (Å²) >= 11 is 0. The first-order valence-corrected chi connectivity index (χ1v) is 7.97. The van der Waals surface area contributed by atoms with Gasteiger partial charge in [-0.3, -0.25) is 9.69 Å². The van der Waals surface area contributed by atoms with Crippen LogP contribution in [0.25, 0.3) is 0 Å². The van der Waals surface area contributed by atoms with Crippen molar-refractivity contribution in [1.29, 1.82) is 0 Å². The monoisotopic (exact) mass is 348 g/mol. The van der Waals surface area contributed by atoms with Gasteiger partial charge in [-0.25, -0.2) is 4.79 Å². The normalized spacial score (nSPS) is 18.7. The van der Waals surface area contributed by atoms with Crippen LogP contribution in [0.4, 0.5) is 4.79 Å². The molecule has 1 aliphatic heterocycles. The summed E-state index contributed by atoms with van der Waals surface area (Å²) in [4.78, 5) is 27.4. The minimum absolute atomic E-state index is 0.161. The molecule has 25 heavy (non-hydrogen) atoms. The lowest BCUT2D eigenvalue weighted by atomic mass is 10.1. The predicted octanol–water partition coefficient (Wildman–Crippen LogP) is 0.126. The molecule has 1 fully saturated rings. The average Bonchev–Trinajstić information content (AvgIpc) is 3.24. The van der Waals surface area contributed by atoms with Crippen LogP contribution in [-0.4, -0.2) is 68.5 Å². The van der Waals surface area contributed by atoms with E-state index in [9.17, 15) is 14.7 Å². The Kier molecular flexibility index (Phi) is 5.29. The second-order valence-electron chi connectivity index (χ2n) is 5.92. The van der Waals surface area contributed by atoms with Crippen molar-refractivity contribution in [2.45, 2.75) is 13.1 Å². The number of hydrogen-bond acceptors (Lipinski definition) is 6. The summed E-state index contributed by atoms with van der Waals surface area (Å²) in [6.07, 6.45) is 3.14.